The molecule has 0 aliphatic carbocycles. The topological polar surface area (TPSA) is 110 Å². The minimum atomic E-state index is -4.60. The van der Waals surface area contributed by atoms with Gasteiger partial charge in [-0.2, -0.15) is 0 Å². The van der Waals surface area contributed by atoms with Crippen LogP contribution in [0.4, 0.5) is 0 Å². The fraction of sp³-hybridized carbons (Fsp3) is 0.174. The average Bonchev–Trinajstić information content (AvgIpc) is 2.82. The van der Waals surface area contributed by atoms with Crippen molar-refractivity contribution in [1.29, 1.82) is 0 Å². The molecule has 33 heavy (non-hydrogen) atoms. The Morgan fingerprint density at radius 2 is 1.18 bits per heavy atom. The summed E-state index contributed by atoms with van der Waals surface area (Å²) >= 11 is 0. The van der Waals surface area contributed by atoms with Crippen LogP contribution in [-0.2, 0) is 4.57 Å². The fourth-order valence-corrected chi connectivity index (χ4v) is 3.72. The predicted molar refractivity (Wildman–Crippen MR) is 120 cm³/mol. The van der Waals surface area contributed by atoms with Crippen molar-refractivity contribution in [2.24, 2.45) is 0 Å². The Kier molecular flexibility index (Phi) is 7.48. The summed E-state index contributed by atoms with van der Waals surface area (Å²) in [5.41, 5.74) is 0.673. The molecular formula is C23H23O9P. The van der Waals surface area contributed by atoms with Crippen LogP contribution in [0.2, 0.25) is 0 Å². The molecule has 3 rings (SSSR count). The number of methoxy groups -OCH3 is 4. The van der Waals surface area contributed by atoms with Gasteiger partial charge in [0.1, 0.15) is 34.5 Å². The van der Waals surface area contributed by atoms with E-state index in [2.05, 4.69) is 0 Å². The smallest absolute Gasteiger partial charge is 0.497 e. The highest BCUT2D eigenvalue weighted by Gasteiger charge is 2.27. The zero-order valence-electron chi connectivity index (χ0n) is 18.4. The largest absolute Gasteiger partial charge is 0.584 e. The third-order valence-electron chi connectivity index (χ3n) is 4.54. The highest BCUT2D eigenvalue weighted by Crippen LogP contribution is 2.46. The lowest BCUT2D eigenvalue weighted by Gasteiger charge is -2.16. The molecule has 10 heteroatoms. The van der Waals surface area contributed by atoms with Crippen molar-refractivity contribution in [3.8, 4) is 34.5 Å². The summed E-state index contributed by atoms with van der Waals surface area (Å²) in [5, 5.41) is 0. The third kappa shape index (κ3) is 5.97. The molecule has 174 valence electrons. The molecular weight excluding hydrogens is 451 g/mol. The lowest BCUT2D eigenvalue weighted by molar-refractivity contribution is 0.103. The van der Waals surface area contributed by atoms with Gasteiger partial charge in [0.2, 0.25) is 0 Å². The number of ketones is 1. The molecule has 1 N–H and O–H groups in total. The van der Waals surface area contributed by atoms with Gasteiger partial charge in [0.05, 0.1) is 34.0 Å². The van der Waals surface area contributed by atoms with Crippen LogP contribution >= 0.6 is 7.82 Å². The van der Waals surface area contributed by atoms with E-state index in [0.29, 0.717) is 22.8 Å². The quantitative estimate of drug-likeness (QED) is 0.335. The number of hydrogen-bond donors (Lipinski definition) is 1. The maximum Gasteiger partial charge on any atom is 0.584 e. The van der Waals surface area contributed by atoms with Crippen LogP contribution in [-0.4, -0.2) is 39.1 Å². The summed E-state index contributed by atoms with van der Waals surface area (Å²) in [7, 11) is 1.19. The molecule has 0 saturated heterocycles. The zero-order valence-corrected chi connectivity index (χ0v) is 19.3. The number of hydrogen-bond acceptors (Lipinski definition) is 8. The Balaban J connectivity index is 1.81. The number of carbonyl (C=O) groups excluding carboxylic acids is 1. The van der Waals surface area contributed by atoms with Crippen LogP contribution in [0.15, 0.2) is 60.7 Å². The van der Waals surface area contributed by atoms with Crippen LogP contribution in [0, 0.1) is 0 Å². The summed E-state index contributed by atoms with van der Waals surface area (Å²) < 4.78 is 43.5. The van der Waals surface area contributed by atoms with Crippen molar-refractivity contribution in [2.45, 2.75) is 0 Å². The van der Waals surface area contributed by atoms with E-state index in [1.54, 1.807) is 30.3 Å². The van der Waals surface area contributed by atoms with Crippen molar-refractivity contribution < 1.29 is 42.2 Å². The Morgan fingerprint density at radius 3 is 1.73 bits per heavy atom. The second-order valence-electron chi connectivity index (χ2n) is 6.62. The van der Waals surface area contributed by atoms with E-state index in [-0.39, 0.29) is 28.6 Å². The summed E-state index contributed by atoms with van der Waals surface area (Å²) in [6, 6.07) is 15.1. The number of benzene rings is 3. The number of phosphoric ester groups is 1. The molecule has 0 aromatic heterocycles. The van der Waals surface area contributed by atoms with Crippen LogP contribution in [0.5, 0.6) is 34.5 Å². The summed E-state index contributed by atoms with van der Waals surface area (Å²) in [5.74, 6) is 1.20. The third-order valence-corrected chi connectivity index (χ3v) is 5.42. The van der Waals surface area contributed by atoms with E-state index in [9.17, 15) is 14.3 Å². The van der Waals surface area contributed by atoms with Gasteiger partial charge in [-0.15, -0.1) is 0 Å². The number of ether oxygens (including phenoxy) is 4. The lowest BCUT2D eigenvalue weighted by Crippen LogP contribution is -2.05. The minimum absolute atomic E-state index is 0.00954. The minimum Gasteiger partial charge on any atom is -0.497 e. The highest BCUT2D eigenvalue weighted by atomic mass is 31.2. The molecule has 0 spiro atoms. The van der Waals surface area contributed by atoms with Gasteiger partial charge in [0.15, 0.2) is 5.78 Å². The average molecular weight is 474 g/mol. The molecule has 3 aromatic rings. The van der Waals surface area contributed by atoms with Gasteiger partial charge in [0.25, 0.3) is 0 Å². The van der Waals surface area contributed by atoms with Gasteiger partial charge in [-0.3, -0.25) is 9.69 Å². The van der Waals surface area contributed by atoms with Crippen molar-refractivity contribution in [1.82, 2.24) is 0 Å². The summed E-state index contributed by atoms with van der Waals surface area (Å²) in [4.78, 5) is 23.1. The molecule has 0 amide bonds. The monoisotopic (exact) mass is 474 g/mol. The molecule has 3 aromatic carbocycles. The molecule has 0 fully saturated rings. The maximum absolute atomic E-state index is 12.9. The number of phosphoric acid groups is 1. The first kappa shape index (κ1) is 24.0. The molecule has 0 aliphatic rings. The van der Waals surface area contributed by atoms with Crippen molar-refractivity contribution in [3.05, 3.63) is 71.8 Å². The Labute approximate surface area is 191 Å². The van der Waals surface area contributed by atoms with Crippen molar-refractivity contribution >= 4 is 13.6 Å². The second kappa shape index (κ2) is 10.3. The van der Waals surface area contributed by atoms with Gasteiger partial charge in [0, 0.05) is 29.8 Å². The second-order valence-corrected chi connectivity index (χ2v) is 7.92. The first-order chi connectivity index (χ1) is 15.8. The summed E-state index contributed by atoms with van der Waals surface area (Å²) in [6.07, 6.45) is 0. The van der Waals surface area contributed by atoms with E-state index < -0.39 is 7.82 Å². The van der Waals surface area contributed by atoms with Gasteiger partial charge < -0.3 is 28.0 Å². The maximum atomic E-state index is 12.9. The Hall–Kier alpha value is -3.68. The SMILES string of the molecule is COc1ccc(C(=O)c2ccc(OP(=O)(O)Oc3cc(OC)cc(OC)c3)cc2OC)cc1. The summed E-state index contributed by atoms with van der Waals surface area (Å²) in [6.45, 7) is 0. The molecule has 0 heterocycles. The van der Waals surface area contributed by atoms with E-state index in [0.717, 1.165) is 0 Å². The standard InChI is InChI=1S/C23H23O9P/c1-27-16-7-5-15(6-8-16)23(24)21-10-9-17(14-22(21)30-4)31-33(25,26)32-20-12-18(28-2)11-19(13-20)29-3/h5-14H,1-4H3,(H,25,26). The molecule has 0 saturated carbocycles. The molecule has 1 unspecified atom stereocenters. The van der Waals surface area contributed by atoms with Gasteiger partial charge in [-0.05, 0) is 36.4 Å². The van der Waals surface area contributed by atoms with Gasteiger partial charge >= 0.3 is 7.82 Å². The van der Waals surface area contributed by atoms with E-state index in [4.69, 9.17) is 28.0 Å². The molecule has 0 aliphatic heterocycles. The van der Waals surface area contributed by atoms with Crippen molar-refractivity contribution in [3.63, 3.8) is 0 Å². The zero-order chi connectivity index (χ0) is 24.0. The van der Waals surface area contributed by atoms with Crippen LogP contribution in [0.25, 0.3) is 0 Å². The van der Waals surface area contributed by atoms with E-state index >= 15 is 0 Å². The molecule has 1 atom stereocenters. The Morgan fingerprint density at radius 1 is 0.667 bits per heavy atom. The normalized spacial score (nSPS) is 12.3. The lowest BCUT2D eigenvalue weighted by atomic mass is 10.0. The van der Waals surface area contributed by atoms with E-state index in [1.807, 2.05) is 0 Å². The van der Waals surface area contributed by atoms with Gasteiger partial charge in [-0.25, -0.2) is 4.57 Å². The molecule has 9 nitrogen and oxygen atoms in total. The number of carbonyl (C=O) groups is 1. The van der Waals surface area contributed by atoms with Crippen LogP contribution < -0.4 is 28.0 Å². The predicted octanol–water partition coefficient (Wildman–Crippen LogP) is 4.51. The first-order valence-corrected chi connectivity index (χ1v) is 11.1. The number of rotatable bonds is 10. The highest BCUT2D eigenvalue weighted by molar-refractivity contribution is 7.48. The van der Waals surface area contributed by atoms with Gasteiger partial charge in [-0.1, -0.05) is 0 Å². The molecule has 0 radical (unpaired) electrons. The first-order valence-electron chi connectivity index (χ1n) is 9.60. The van der Waals surface area contributed by atoms with Crippen LogP contribution in [0.3, 0.4) is 0 Å². The van der Waals surface area contributed by atoms with Crippen LogP contribution in [0.1, 0.15) is 15.9 Å². The molecule has 0 bridgehead atoms. The fourth-order valence-electron chi connectivity index (χ4n) is 2.93. The van der Waals surface area contributed by atoms with E-state index in [1.165, 1.54) is 58.8 Å². The van der Waals surface area contributed by atoms with Crippen molar-refractivity contribution in [2.75, 3.05) is 28.4 Å². The Bertz CT molecular complexity index is 1150.